The van der Waals surface area contributed by atoms with Crippen LogP contribution in [0.5, 0.6) is 5.75 Å². The number of ether oxygens (including phenoxy) is 2. The van der Waals surface area contributed by atoms with Crippen LogP contribution in [-0.2, 0) is 16.1 Å². The SMILES string of the molecule is CCOc1ccc(CN(C)C(=O)COC(=O)c2[nH]c(C)c([C@H](C)O)c2C)cc1. The highest BCUT2D eigenvalue weighted by Gasteiger charge is 2.22. The maximum absolute atomic E-state index is 12.3. The zero-order valence-corrected chi connectivity index (χ0v) is 17.0. The summed E-state index contributed by atoms with van der Waals surface area (Å²) in [5.74, 6) is -0.142. The lowest BCUT2D eigenvalue weighted by Crippen LogP contribution is -2.31. The Bertz CT molecular complexity index is 824. The number of nitrogens with one attached hydrogen (secondary N) is 1. The maximum atomic E-state index is 12.3. The van der Waals surface area contributed by atoms with Crippen LogP contribution in [0.3, 0.4) is 0 Å². The van der Waals surface area contributed by atoms with Crippen LogP contribution in [0, 0.1) is 13.8 Å². The van der Waals surface area contributed by atoms with Crippen LogP contribution >= 0.6 is 0 Å². The number of hydrogen-bond acceptors (Lipinski definition) is 5. The molecule has 0 aliphatic carbocycles. The molecule has 0 aliphatic heterocycles. The van der Waals surface area contributed by atoms with Gasteiger partial charge in [0.25, 0.3) is 5.91 Å². The first kappa shape index (κ1) is 21.5. The van der Waals surface area contributed by atoms with Gasteiger partial charge in [0.15, 0.2) is 6.61 Å². The van der Waals surface area contributed by atoms with E-state index in [2.05, 4.69) is 4.98 Å². The second-order valence-corrected chi connectivity index (χ2v) is 6.74. The molecule has 0 aliphatic rings. The topological polar surface area (TPSA) is 91.9 Å². The van der Waals surface area contributed by atoms with Gasteiger partial charge >= 0.3 is 5.97 Å². The number of aromatic nitrogens is 1. The second-order valence-electron chi connectivity index (χ2n) is 6.74. The summed E-state index contributed by atoms with van der Waals surface area (Å²) in [6, 6.07) is 7.49. The monoisotopic (exact) mass is 388 g/mol. The van der Waals surface area contributed by atoms with Gasteiger partial charge in [0.2, 0.25) is 0 Å². The van der Waals surface area contributed by atoms with Crippen molar-refractivity contribution in [1.82, 2.24) is 9.88 Å². The first-order valence-corrected chi connectivity index (χ1v) is 9.24. The number of aliphatic hydroxyl groups excluding tert-OH is 1. The van der Waals surface area contributed by atoms with Gasteiger partial charge in [0, 0.05) is 24.8 Å². The number of likely N-dealkylation sites (N-methyl/N-ethyl adjacent to an activating group) is 1. The van der Waals surface area contributed by atoms with E-state index in [-0.39, 0.29) is 18.2 Å². The Balaban J connectivity index is 1.92. The number of carbonyl (C=O) groups is 2. The molecule has 0 saturated carbocycles. The van der Waals surface area contributed by atoms with Gasteiger partial charge < -0.3 is 24.5 Å². The summed E-state index contributed by atoms with van der Waals surface area (Å²) in [5, 5.41) is 9.82. The zero-order valence-electron chi connectivity index (χ0n) is 17.0. The third kappa shape index (κ3) is 5.13. The Morgan fingerprint density at radius 1 is 1.21 bits per heavy atom. The summed E-state index contributed by atoms with van der Waals surface area (Å²) >= 11 is 0. The minimum atomic E-state index is -0.695. The van der Waals surface area contributed by atoms with E-state index < -0.39 is 12.1 Å². The number of amides is 1. The fourth-order valence-electron chi connectivity index (χ4n) is 3.12. The quantitative estimate of drug-likeness (QED) is 0.679. The van der Waals surface area contributed by atoms with Gasteiger partial charge in [-0.3, -0.25) is 4.79 Å². The van der Waals surface area contributed by atoms with Crippen molar-refractivity contribution in [3.63, 3.8) is 0 Å². The Kier molecular flexibility index (Phi) is 7.23. The number of carbonyl (C=O) groups excluding carboxylic acids is 2. The lowest BCUT2D eigenvalue weighted by molar-refractivity contribution is -0.133. The van der Waals surface area contributed by atoms with E-state index in [1.54, 1.807) is 27.8 Å². The maximum Gasteiger partial charge on any atom is 0.355 e. The normalized spacial score (nSPS) is 11.8. The molecule has 2 aromatic rings. The van der Waals surface area contributed by atoms with E-state index in [0.717, 1.165) is 11.3 Å². The van der Waals surface area contributed by atoms with Crippen molar-refractivity contribution in [2.75, 3.05) is 20.3 Å². The molecular formula is C21H28N2O5. The molecule has 2 rings (SSSR count). The standard InChI is InChI=1S/C21H28N2O5/c1-6-27-17-9-7-16(8-10-17)11-23(5)18(25)12-28-21(26)20-13(2)19(15(4)24)14(3)22-20/h7-10,15,22,24H,6,11-12H2,1-5H3/t15-/m0/s1. The molecule has 152 valence electrons. The van der Waals surface area contributed by atoms with E-state index in [1.165, 1.54) is 4.90 Å². The molecular weight excluding hydrogens is 360 g/mol. The molecule has 1 aromatic carbocycles. The molecule has 1 atom stereocenters. The highest BCUT2D eigenvalue weighted by Crippen LogP contribution is 2.24. The largest absolute Gasteiger partial charge is 0.494 e. The van der Waals surface area contributed by atoms with Crippen LogP contribution in [0.25, 0.3) is 0 Å². The number of hydrogen-bond donors (Lipinski definition) is 2. The lowest BCUT2D eigenvalue weighted by atomic mass is 10.1. The molecule has 1 aromatic heterocycles. The van der Waals surface area contributed by atoms with Crippen LogP contribution in [-0.4, -0.2) is 47.1 Å². The first-order chi connectivity index (χ1) is 13.2. The minimum Gasteiger partial charge on any atom is -0.494 e. The Labute approximate surface area is 165 Å². The average molecular weight is 388 g/mol. The third-order valence-electron chi connectivity index (χ3n) is 4.52. The van der Waals surface area contributed by atoms with Crippen LogP contribution < -0.4 is 4.74 Å². The van der Waals surface area contributed by atoms with E-state index >= 15 is 0 Å². The van der Waals surface area contributed by atoms with Gasteiger partial charge in [-0.25, -0.2) is 4.79 Å². The number of aromatic amines is 1. The smallest absolute Gasteiger partial charge is 0.355 e. The van der Waals surface area contributed by atoms with Gasteiger partial charge in [0.1, 0.15) is 11.4 Å². The molecule has 1 heterocycles. The second kappa shape index (κ2) is 9.41. The van der Waals surface area contributed by atoms with Crippen molar-refractivity contribution in [2.45, 2.75) is 40.3 Å². The fourth-order valence-corrected chi connectivity index (χ4v) is 3.12. The molecule has 7 heteroatoms. The fraction of sp³-hybridized carbons (Fsp3) is 0.429. The van der Waals surface area contributed by atoms with Gasteiger partial charge in [0.05, 0.1) is 12.7 Å². The van der Waals surface area contributed by atoms with Crippen LogP contribution in [0.1, 0.15) is 52.8 Å². The minimum absolute atomic E-state index is 0.260. The number of esters is 1. The van der Waals surface area contributed by atoms with E-state index in [1.807, 2.05) is 31.2 Å². The van der Waals surface area contributed by atoms with Crippen molar-refractivity contribution in [3.8, 4) is 5.75 Å². The highest BCUT2D eigenvalue weighted by atomic mass is 16.5. The number of aryl methyl sites for hydroxylation is 1. The van der Waals surface area contributed by atoms with Crippen molar-refractivity contribution >= 4 is 11.9 Å². The summed E-state index contributed by atoms with van der Waals surface area (Å²) in [5.41, 5.74) is 3.22. The Hall–Kier alpha value is -2.80. The Morgan fingerprint density at radius 3 is 2.39 bits per heavy atom. The average Bonchev–Trinajstić information content (AvgIpc) is 2.95. The van der Waals surface area contributed by atoms with Crippen LogP contribution in [0.2, 0.25) is 0 Å². The number of benzene rings is 1. The van der Waals surface area contributed by atoms with E-state index in [0.29, 0.717) is 30.0 Å². The number of H-pyrrole nitrogens is 1. The summed E-state index contributed by atoms with van der Waals surface area (Å²) in [6.45, 7) is 7.72. The van der Waals surface area contributed by atoms with Gasteiger partial charge in [-0.1, -0.05) is 12.1 Å². The highest BCUT2D eigenvalue weighted by molar-refractivity contribution is 5.91. The Morgan fingerprint density at radius 2 is 1.86 bits per heavy atom. The van der Waals surface area contributed by atoms with Crippen molar-refractivity contribution < 1.29 is 24.2 Å². The molecule has 28 heavy (non-hydrogen) atoms. The van der Waals surface area contributed by atoms with Gasteiger partial charge in [-0.05, 0) is 51.0 Å². The molecule has 0 spiro atoms. The molecule has 0 unspecified atom stereocenters. The van der Waals surface area contributed by atoms with Crippen molar-refractivity contribution in [2.24, 2.45) is 0 Å². The predicted octanol–water partition coefficient (Wildman–Crippen LogP) is 2.90. The molecule has 1 amide bonds. The predicted molar refractivity (Wildman–Crippen MR) is 105 cm³/mol. The number of rotatable bonds is 8. The number of aliphatic hydroxyl groups is 1. The molecule has 7 nitrogen and oxygen atoms in total. The number of nitrogens with zero attached hydrogens (tertiary/aromatic N) is 1. The summed E-state index contributed by atoms with van der Waals surface area (Å²) < 4.78 is 10.6. The van der Waals surface area contributed by atoms with Crippen molar-refractivity contribution in [1.29, 1.82) is 0 Å². The molecule has 0 saturated heterocycles. The first-order valence-electron chi connectivity index (χ1n) is 9.24. The molecule has 2 N–H and O–H groups in total. The third-order valence-corrected chi connectivity index (χ3v) is 4.52. The van der Waals surface area contributed by atoms with Crippen LogP contribution in [0.4, 0.5) is 0 Å². The van der Waals surface area contributed by atoms with Gasteiger partial charge in [-0.2, -0.15) is 0 Å². The summed E-state index contributed by atoms with van der Waals surface area (Å²) in [6.07, 6.45) is -0.695. The van der Waals surface area contributed by atoms with Gasteiger partial charge in [-0.15, -0.1) is 0 Å². The summed E-state index contributed by atoms with van der Waals surface area (Å²) in [7, 11) is 1.65. The zero-order chi connectivity index (χ0) is 20.8. The van der Waals surface area contributed by atoms with Crippen molar-refractivity contribution in [3.05, 3.63) is 52.3 Å². The molecule has 0 bridgehead atoms. The van der Waals surface area contributed by atoms with E-state index in [4.69, 9.17) is 9.47 Å². The lowest BCUT2D eigenvalue weighted by Gasteiger charge is -2.17. The molecule has 0 fully saturated rings. The van der Waals surface area contributed by atoms with Crippen LogP contribution in [0.15, 0.2) is 24.3 Å². The molecule has 0 radical (unpaired) electrons. The summed E-state index contributed by atoms with van der Waals surface area (Å²) in [4.78, 5) is 29.0. The van der Waals surface area contributed by atoms with E-state index in [9.17, 15) is 14.7 Å².